The van der Waals surface area contributed by atoms with Crippen molar-refractivity contribution in [1.29, 1.82) is 0 Å². The molecule has 1 N–H and O–H groups in total. The van der Waals surface area contributed by atoms with Crippen LogP contribution in [-0.4, -0.2) is 60.9 Å². The normalized spacial score (nSPS) is 14.4. The van der Waals surface area contributed by atoms with Crippen molar-refractivity contribution in [3.8, 4) is 0 Å². The van der Waals surface area contributed by atoms with Crippen LogP contribution in [0.3, 0.4) is 0 Å². The van der Waals surface area contributed by atoms with Gasteiger partial charge < -0.3 is 15.1 Å². The van der Waals surface area contributed by atoms with E-state index in [1.54, 1.807) is 0 Å². The Bertz CT molecular complexity index is 791. The van der Waals surface area contributed by atoms with Crippen molar-refractivity contribution in [3.63, 3.8) is 0 Å². The highest BCUT2D eigenvalue weighted by molar-refractivity contribution is 5.93. The van der Waals surface area contributed by atoms with Gasteiger partial charge in [0.2, 0.25) is 11.8 Å². The zero-order valence-electron chi connectivity index (χ0n) is 32.1. The maximum atomic E-state index is 14.6. The van der Waals surface area contributed by atoms with Gasteiger partial charge in [-0.3, -0.25) is 9.59 Å². The number of nitrogens with one attached hydrogen (secondary N) is 1. The Morgan fingerprint density at radius 2 is 1.09 bits per heavy atom. The molecule has 0 heterocycles. The van der Waals surface area contributed by atoms with Crippen molar-refractivity contribution in [3.05, 3.63) is 24.3 Å². The average Bonchev–Trinajstić information content (AvgIpc) is 3.03. The summed E-state index contributed by atoms with van der Waals surface area (Å²) in [5.74, 6) is 0.340. The zero-order valence-corrected chi connectivity index (χ0v) is 32.1. The predicted octanol–water partition coefficient (Wildman–Crippen LogP) is 11.2. The fraction of sp³-hybridized carbons (Fsp3) is 0.857. The minimum absolute atomic E-state index is 0.00526. The molecule has 0 aromatic carbocycles. The molecule has 2 amide bonds. The van der Waals surface area contributed by atoms with E-state index in [1.165, 1.54) is 83.5 Å². The van der Waals surface area contributed by atoms with Gasteiger partial charge in [0.25, 0.3) is 0 Å². The summed E-state index contributed by atoms with van der Waals surface area (Å²) < 4.78 is 0. The first-order chi connectivity index (χ1) is 22.9. The topological polar surface area (TPSA) is 52.7 Å². The third-order valence-corrected chi connectivity index (χ3v) is 10.2. The van der Waals surface area contributed by atoms with Crippen LogP contribution in [-0.2, 0) is 9.59 Å². The molecule has 0 saturated heterocycles. The zero-order chi connectivity index (χ0) is 34.4. The van der Waals surface area contributed by atoms with Crippen molar-refractivity contribution < 1.29 is 9.59 Å². The maximum Gasteiger partial charge on any atom is 0.245 e. The van der Waals surface area contributed by atoms with E-state index < -0.39 is 5.54 Å². The lowest BCUT2D eigenvalue weighted by atomic mass is 9.73. The highest BCUT2D eigenvalue weighted by Gasteiger charge is 2.51. The molecule has 0 unspecified atom stereocenters. The first-order valence-electron chi connectivity index (χ1n) is 20.5. The number of amides is 2. The summed E-state index contributed by atoms with van der Waals surface area (Å²) in [6.07, 6.45) is 38.9. The molecule has 47 heavy (non-hydrogen) atoms. The van der Waals surface area contributed by atoms with Crippen LogP contribution in [0.1, 0.15) is 188 Å². The summed E-state index contributed by atoms with van der Waals surface area (Å²) in [5, 5.41) is 3.31. The summed E-state index contributed by atoms with van der Waals surface area (Å²) in [4.78, 5) is 32.7. The number of allylic oxidation sites excluding steroid dienone is 4. The monoisotopic (exact) mass is 658 g/mol. The standard InChI is InChI=1S/C42H79N3O2/c1-6-9-12-15-18-21-24-27-32-39(33-28-25-22-19-16-13-10-7-2)40(46)45(38-31-37-44(4)5)42(34-30-35-42)41(47)43-36-29-26-23-20-17-14-11-8-3/h18-19,21-22,39H,6-17,20,23-38H2,1-5H3,(H,43,47)/b21-18-,22-19-. The molecule has 0 aromatic heterocycles. The molecule has 0 spiro atoms. The van der Waals surface area contributed by atoms with E-state index >= 15 is 0 Å². The maximum absolute atomic E-state index is 14.6. The Morgan fingerprint density at radius 3 is 1.55 bits per heavy atom. The lowest BCUT2D eigenvalue weighted by Gasteiger charge is -2.50. The van der Waals surface area contributed by atoms with Gasteiger partial charge in [-0.25, -0.2) is 0 Å². The highest BCUT2D eigenvalue weighted by atomic mass is 16.2. The molecule has 1 aliphatic carbocycles. The van der Waals surface area contributed by atoms with Crippen molar-refractivity contribution in [2.75, 3.05) is 33.7 Å². The van der Waals surface area contributed by atoms with Crippen LogP contribution in [0.15, 0.2) is 24.3 Å². The van der Waals surface area contributed by atoms with Crippen molar-refractivity contribution in [2.24, 2.45) is 5.92 Å². The van der Waals surface area contributed by atoms with Crippen molar-refractivity contribution in [1.82, 2.24) is 15.1 Å². The van der Waals surface area contributed by atoms with Crippen LogP contribution in [0.25, 0.3) is 0 Å². The number of rotatable bonds is 32. The van der Waals surface area contributed by atoms with Gasteiger partial charge in [-0.05, 0) is 117 Å². The van der Waals surface area contributed by atoms with Crippen LogP contribution in [0.4, 0.5) is 0 Å². The number of hydrogen-bond donors (Lipinski definition) is 1. The molecule has 0 aromatic rings. The van der Waals surface area contributed by atoms with Gasteiger partial charge in [0.1, 0.15) is 5.54 Å². The number of unbranched alkanes of at least 4 members (excludes halogenated alkanes) is 15. The second kappa shape index (κ2) is 29.3. The van der Waals surface area contributed by atoms with E-state index in [0.717, 1.165) is 96.6 Å². The highest BCUT2D eigenvalue weighted by Crippen LogP contribution is 2.40. The fourth-order valence-electron chi connectivity index (χ4n) is 6.91. The van der Waals surface area contributed by atoms with Crippen LogP contribution >= 0.6 is 0 Å². The Morgan fingerprint density at radius 1 is 0.617 bits per heavy atom. The molecule has 0 aliphatic heterocycles. The summed E-state index contributed by atoms with van der Waals surface area (Å²) in [5.41, 5.74) is -0.653. The molecule has 274 valence electrons. The number of carbonyl (C=O) groups is 2. The lowest BCUT2D eigenvalue weighted by Crippen LogP contribution is -2.65. The quantitative estimate of drug-likeness (QED) is 0.0578. The second-order valence-corrected chi connectivity index (χ2v) is 14.8. The molecule has 0 bridgehead atoms. The first kappa shape index (κ1) is 43.4. The molecule has 0 atom stereocenters. The lowest BCUT2D eigenvalue weighted by molar-refractivity contribution is -0.157. The molecule has 1 fully saturated rings. The van der Waals surface area contributed by atoms with E-state index in [0.29, 0.717) is 6.54 Å². The van der Waals surface area contributed by atoms with E-state index in [1.807, 2.05) is 0 Å². The predicted molar refractivity (Wildman–Crippen MR) is 205 cm³/mol. The van der Waals surface area contributed by atoms with Gasteiger partial charge in [-0.15, -0.1) is 0 Å². The van der Waals surface area contributed by atoms with Gasteiger partial charge in [0.15, 0.2) is 0 Å². The minimum atomic E-state index is -0.653. The van der Waals surface area contributed by atoms with Gasteiger partial charge in [0, 0.05) is 19.0 Å². The smallest absolute Gasteiger partial charge is 0.245 e. The summed E-state index contributed by atoms with van der Waals surface area (Å²) in [7, 11) is 4.19. The van der Waals surface area contributed by atoms with Crippen LogP contribution < -0.4 is 5.32 Å². The van der Waals surface area contributed by atoms with E-state index in [4.69, 9.17) is 0 Å². The Kier molecular flexibility index (Phi) is 27.1. The second-order valence-electron chi connectivity index (χ2n) is 14.8. The molecule has 5 heteroatoms. The third-order valence-electron chi connectivity index (χ3n) is 10.2. The number of carbonyl (C=O) groups excluding carboxylic acids is 2. The number of nitrogens with zero attached hydrogens (tertiary/aromatic N) is 2. The Hall–Kier alpha value is -1.62. The van der Waals surface area contributed by atoms with E-state index in [9.17, 15) is 9.59 Å². The van der Waals surface area contributed by atoms with Crippen LogP contribution in [0.5, 0.6) is 0 Å². The largest absolute Gasteiger partial charge is 0.354 e. The van der Waals surface area contributed by atoms with Crippen LogP contribution in [0, 0.1) is 5.92 Å². The van der Waals surface area contributed by atoms with Gasteiger partial charge in [-0.2, -0.15) is 0 Å². The van der Waals surface area contributed by atoms with Gasteiger partial charge in [-0.1, -0.05) is 116 Å². The molecule has 1 aliphatic rings. The van der Waals surface area contributed by atoms with E-state index in [-0.39, 0.29) is 17.7 Å². The Labute approximate surface area is 293 Å². The molecule has 1 saturated carbocycles. The van der Waals surface area contributed by atoms with Gasteiger partial charge in [0.05, 0.1) is 0 Å². The summed E-state index contributed by atoms with van der Waals surface area (Å²) in [6.45, 7) is 9.10. The number of hydrogen-bond acceptors (Lipinski definition) is 3. The van der Waals surface area contributed by atoms with Gasteiger partial charge >= 0.3 is 0 Å². The SMILES string of the molecule is CCCCC/C=C\CCCC(CCC/C=C\CCCCC)C(=O)N(CCCN(C)C)C1(C(=O)NCCCCCCCCCC)CCC1. The molecular formula is C42H79N3O2. The van der Waals surface area contributed by atoms with Crippen molar-refractivity contribution in [2.45, 2.75) is 193 Å². The fourth-order valence-corrected chi connectivity index (χ4v) is 6.91. The van der Waals surface area contributed by atoms with Crippen LogP contribution in [0.2, 0.25) is 0 Å². The Balaban J connectivity index is 2.90. The summed E-state index contributed by atoms with van der Waals surface area (Å²) >= 11 is 0. The average molecular weight is 658 g/mol. The molecule has 1 rings (SSSR count). The minimum Gasteiger partial charge on any atom is -0.354 e. The molecule has 5 nitrogen and oxygen atoms in total. The third kappa shape index (κ3) is 19.8. The van der Waals surface area contributed by atoms with Crippen molar-refractivity contribution >= 4 is 11.8 Å². The molecule has 0 radical (unpaired) electrons. The summed E-state index contributed by atoms with van der Waals surface area (Å²) in [6, 6.07) is 0. The van der Waals surface area contributed by atoms with E-state index in [2.05, 4.69) is 74.3 Å². The molecular weight excluding hydrogens is 578 g/mol. The first-order valence-corrected chi connectivity index (χ1v) is 20.5.